The molecular weight excluding hydrogens is 527 g/mol. The van der Waals surface area contributed by atoms with Gasteiger partial charge in [-0.25, -0.2) is 4.99 Å². The Morgan fingerprint density at radius 2 is 1.69 bits per heavy atom. The first-order valence-electron chi connectivity index (χ1n) is 9.59. The molecule has 0 saturated heterocycles. The number of hydrogen-bond acceptors (Lipinski definition) is 4. The Balaban J connectivity index is 1.73. The second-order valence-electron chi connectivity index (χ2n) is 7.62. The molecule has 2 aromatic rings. The monoisotopic (exact) mass is 537 g/mol. The SMILES string of the molecule is O=C1CN(C(=O)c2ccc(C3=NOC(c4cc(Cl)cc(Cl)c4)(C(F)(F)F)C3)cc2C(F)(F)F)C=N1. The minimum absolute atomic E-state index is 0.112. The van der Waals surface area contributed by atoms with E-state index in [1.807, 2.05) is 0 Å². The van der Waals surface area contributed by atoms with Crippen molar-refractivity contribution in [1.29, 1.82) is 0 Å². The Hall–Kier alpha value is -3.12. The summed E-state index contributed by atoms with van der Waals surface area (Å²) in [5.41, 5.74) is -6.56. The largest absolute Gasteiger partial charge is 0.435 e. The lowest BCUT2D eigenvalue weighted by Gasteiger charge is -2.29. The molecule has 0 N–H and O–H groups in total. The molecule has 0 aliphatic carbocycles. The van der Waals surface area contributed by atoms with Gasteiger partial charge < -0.3 is 4.84 Å². The van der Waals surface area contributed by atoms with E-state index in [1.54, 1.807) is 0 Å². The van der Waals surface area contributed by atoms with E-state index in [9.17, 15) is 35.9 Å². The van der Waals surface area contributed by atoms with Crippen LogP contribution in [-0.4, -0.2) is 41.5 Å². The summed E-state index contributed by atoms with van der Waals surface area (Å²) in [6.07, 6.45) is -10.3. The summed E-state index contributed by atoms with van der Waals surface area (Å²) in [7, 11) is 0. The molecule has 0 aromatic heterocycles. The van der Waals surface area contributed by atoms with Crippen LogP contribution in [0.25, 0.3) is 0 Å². The maximum Gasteiger partial charge on any atom is 0.435 e. The van der Waals surface area contributed by atoms with Crippen molar-refractivity contribution in [3.63, 3.8) is 0 Å². The fraction of sp³-hybridized carbons (Fsp3) is 0.238. The molecule has 184 valence electrons. The number of halogens is 8. The van der Waals surface area contributed by atoms with Gasteiger partial charge in [0.2, 0.25) is 0 Å². The fourth-order valence-corrected chi connectivity index (χ4v) is 4.16. The number of nitrogens with zero attached hydrogens (tertiary/aromatic N) is 3. The van der Waals surface area contributed by atoms with Crippen molar-refractivity contribution >= 4 is 47.1 Å². The number of amides is 2. The molecule has 1 atom stereocenters. The molecule has 2 aromatic carbocycles. The highest BCUT2D eigenvalue weighted by Gasteiger charge is 2.62. The number of benzene rings is 2. The molecule has 35 heavy (non-hydrogen) atoms. The maximum atomic E-state index is 14.1. The average molecular weight is 538 g/mol. The molecule has 14 heteroatoms. The van der Waals surface area contributed by atoms with E-state index in [0.717, 1.165) is 30.6 Å². The number of carbonyl (C=O) groups excluding carboxylic acids is 2. The molecule has 2 heterocycles. The molecule has 4 rings (SSSR count). The zero-order valence-corrected chi connectivity index (χ0v) is 18.6. The molecule has 2 aliphatic rings. The zero-order chi connectivity index (χ0) is 25.8. The molecule has 0 saturated carbocycles. The lowest BCUT2D eigenvalue weighted by molar-refractivity contribution is -0.275. The van der Waals surface area contributed by atoms with E-state index < -0.39 is 65.1 Å². The van der Waals surface area contributed by atoms with Crippen LogP contribution in [-0.2, 0) is 21.4 Å². The first-order chi connectivity index (χ1) is 16.2. The van der Waals surface area contributed by atoms with Crippen LogP contribution in [0.2, 0.25) is 10.0 Å². The van der Waals surface area contributed by atoms with Crippen LogP contribution in [0.3, 0.4) is 0 Å². The molecule has 2 amide bonds. The van der Waals surface area contributed by atoms with E-state index in [1.165, 1.54) is 6.07 Å². The summed E-state index contributed by atoms with van der Waals surface area (Å²) in [5, 5.41) is 3.21. The topological polar surface area (TPSA) is 71.3 Å². The predicted octanol–water partition coefficient (Wildman–Crippen LogP) is 5.61. The molecule has 0 bridgehead atoms. The van der Waals surface area contributed by atoms with Gasteiger partial charge in [-0.1, -0.05) is 34.4 Å². The van der Waals surface area contributed by atoms with Gasteiger partial charge in [-0.05, 0) is 30.3 Å². The number of hydrogen-bond donors (Lipinski definition) is 0. The van der Waals surface area contributed by atoms with Crippen LogP contribution in [0.1, 0.15) is 33.5 Å². The molecular formula is C21H11Cl2F6N3O3. The van der Waals surface area contributed by atoms with Crippen molar-refractivity contribution < 1.29 is 40.8 Å². The highest BCUT2D eigenvalue weighted by molar-refractivity contribution is 6.34. The lowest BCUT2D eigenvalue weighted by atomic mass is 9.86. The summed E-state index contributed by atoms with van der Waals surface area (Å²) in [6.45, 7) is -0.533. The van der Waals surface area contributed by atoms with Gasteiger partial charge in [0.1, 0.15) is 12.9 Å². The van der Waals surface area contributed by atoms with Crippen molar-refractivity contribution in [3.05, 3.63) is 68.7 Å². The number of carbonyl (C=O) groups is 2. The molecule has 1 unspecified atom stereocenters. The minimum Gasteiger partial charge on any atom is -0.374 e. The summed E-state index contributed by atoms with van der Waals surface area (Å²) >= 11 is 11.7. The summed E-state index contributed by atoms with van der Waals surface area (Å²) in [5.74, 6) is -1.87. The Morgan fingerprint density at radius 3 is 2.23 bits per heavy atom. The highest BCUT2D eigenvalue weighted by atomic mass is 35.5. The smallest absolute Gasteiger partial charge is 0.374 e. The molecule has 2 aliphatic heterocycles. The van der Waals surface area contributed by atoms with Gasteiger partial charge in [0.15, 0.2) is 0 Å². The van der Waals surface area contributed by atoms with Crippen molar-refractivity contribution in [1.82, 2.24) is 4.90 Å². The molecule has 6 nitrogen and oxygen atoms in total. The van der Waals surface area contributed by atoms with Crippen molar-refractivity contribution in [2.24, 2.45) is 10.1 Å². The van der Waals surface area contributed by atoms with Gasteiger partial charge in [-0.2, -0.15) is 26.3 Å². The summed E-state index contributed by atoms with van der Waals surface area (Å²) in [4.78, 5) is 32.6. The van der Waals surface area contributed by atoms with Crippen LogP contribution in [0.4, 0.5) is 26.3 Å². The van der Waals surface area contributed by atoms with Crippen LogP contribution >= 0.6 is 23.2 Å². The van der Waals surface area contributed by atoms with Crippen molar-refractivity contribution in [3.8, 4) is 0 Å². The van der Waals surface area contributed by atoms with Crippen LogP contribution in [0, 0.1) is 0 Å². The van der Waals surface area contributed by atoms with Gasteiger partial charge >= 0.3 is 12.4 Å². The van der Waals surface area contributed by atoms with Gasteiger partial charge in [0.05, 0.1) is 16.8 Å². The first-order valence-corrected chi connectivity index (χ1v) is 10.3. The molecule has 0 spiro atoms. The third-order valence-electron chi connectivity index (χ3n) is 5.31. The normalized spacial score (nSPS) is 20.3. The Morgan fingerprint density at radius 1 is 1.03 bits per heavy atom. The Kier molecular flexibility index (Phi) is 6.08. The fourth-order valence-electron chi connectivity index (χ4n) is 3.63. The van der Waals surface area contributed by atoms with E-state index in [2.05, 4.69) is 10.1 Å². The predicted molar refractivity (Wildman–Crippen MR) is 112 cm³/mol. The highest BCUT2D eigenvalue weighted by Crippen LogP contribution is 2.50. The second-order valence-corrected chi connectivity index (χ2v) is 8.49. The number of oxime groups is 1. The third kappa shape index (κ3) is 4.59. The van der Waals surface area contributed by atoms with Gasteiger partial charge in [0, 0.05) is 27.6 Å². The minimum atomic E-state index is -5.05. The number of alkyl halides is 6. The van der Waals surface area contributed by atoms with Crippen LogP contribution < -0.4 is 0 Å². The molecule has 0 radical (unpaired) electrons. The van der Waals surface area contributed by atoms with Crippen molar-refractivity contribution in [2.75, 3.05) is 6.54 Å². The van der Waals surface area contributed by atoms with Crippen LogP contribution in [0.15, 0.2) is 46.5 Å². The maximum absolute atomic E-state index is 14.1. The number of aliphatic imine (C=N–C) groups is 1. The first kappa shape index (κ1) is 25.0. The summed E-state index contributed by atoms with van der Waals surface area (Å²) in [6, 6.07) is 5.46. The van der Waals surface area contributed by atoms with E-state index in [0.29, 0.717) is 11.0 Å². The van der Waals surface area contributed by atoms with E-state index in [4.69, 9.17) is 28.0 Å². The van der Waals surface area contributed by atoms with Gasteiger partial charge in [-0.3, -0.25) is 14.5 Å². The number of rotatable bonds is 3. The lowest BCUT2D eigenvalue weighted by Crippen LogP contribution is -2.42. The standard InChI is InChI=1S/C21H11Cl2F6N3O3/c22-12-4-11(5-13(23)6-12)19(21(27,28)29)7-16(31-35-19)10-1-2-14(15(3-10)20(24,25)26)18(34)32-8-17(33)30-9-32/h1-6,9H,7-8H2. The van der Waals surface area contributed by atoms with E-state index >= 15 is 0 Å². The van der Waals surface area contributed by atoms with Gasteiger partial charge in [-0.15, -0.1) is 0 Å². The zero-order valence-electron chi connectivity index (χ0n) is 17.0. The quantitative estimate of drug-likeness (QED) is 0.478. The second kappa shape index (κ2) is 8.52. The molecule has 0 fully saturated rings. The average Bonchev–Trinajstić information content (AvgIpc) is 3.39. The Labute approximate surface area is 202 Å². The van der Waals surface area contributed by atoms with Crippen LogP contribution in [0.5, 0.6) is 0 Å². The Bertz CT molecular complexity index is 1270. The van der Waals surface area contributed by atoms with Gasteiger partial charge in [0.25, 0.3) is 17.4 Å². The third-order valence-corrected chi connectivity index (χ3v) is 5.75. The summed E-state index contributed by atoms with van der Waals surface area (Å²) < 4.78 is 83.8. The van der Waals surface area contributed by atoms with Crippen molar-refractivity contribution in [2.45, 2.75) is 24.4 Å². The van der Waals surface area contributed by atoms with E-state index in [-0.39, 0.29) is 15.6 Å².